The number of rotatable bonds is 5. The van der Waals surface area contributed by atoms with Crippen molar-refractivity contribution < 1.29 is 0 Å². The van der Waals surface area contributed by atoms with Crippen LogP contribution in [-0.4, -0.2) is 11.0 Å². The van der Waals surface area contributed by atoms with Crippen LogP contribution in [0.2, 0.25) is 0 Å². The van der Waals surface area contributed by atoms with E-state index >= 15 is 0 Å². The molecule has 0 aliphatic heterocycles. The molecule has 0 fully saturated rings. The van der Waals surface area contributed by atoms with E-state index in [2.05, 4.69) is 41.5 Å². The van der Waals surface area contributed by atoms with Crippen LogP contribution in [0.3, 0.4) is 0 Å². The largest absolute Gasteiger partial charge is 0.397 e. The van der Waals surface area contributed by atoms with E-state index in [0.29, 0.717) is 11.7 Å². The quantitative estimate of drug-likeness (QED) is 0.845. The normalized spacial score (nSPS) is 12.1. The first-order valence-electron chi connectivity index (χ1n) is 6.25. The number of hydrogen-bond acceptors (Lipinski definition) is 3. The van der Waals surface area contributed by atoms with Gasteiger partial charge in [-0.2, -0.15) is 0 Å². The number of hydrogen-bond donors (Lipinski definition) is 2. The number of anilines is 2. The summed E-state index contributed by atoms with van der Waals surface area (Å²) < 4.78 is 0. The smallest absolute Gasteiger partial charge is 0.0549 e. The van der Waals surface area contributed by atoms with Gasteiger partial charge in [-0.05, 0) is 31.4 Å². The van der Waals surface area contributed by atoms with Crippen molar-refractivity contribution in [2.75, 3.05) is 11.1 Å². The zero-order valence-corrected chi connectivity index (χ0v) is 10.6. The van der Waals surface area contributed by atoms with E-state index in [1.165, 1.54) is 5.56 Å². The van der Waals surface area contributed by atoms with Crippen LogP contribution in [0.25, 0.3) is 0 Å². The third kappa shape index (κ3) is 3.77. The maximum absolute atomic E-state index is 5.70. The van der Waals surface area contributed by atoms with Gasteiger partial charge in [-0.25, -0.2) is 0 Å². The van der Waals surface area contributed by atoms with Gasteiger partial charge in [0.05, 0.1) is 17.6 Å². The molecular formula is C15H19N3. The number of benzene rings is 1. The summed E-state index contributed by atoms with van der Waals surface area (Å²) in [6, 6.07) is 12.8. The van der Waals surface area contributed by atoms with Crippen molar-refractivity contribution in [2.45, 2.75) is 25.8 Å². The van der Waals surface area contributed by atoms with Crippen molar-refractivity contribution in [3.63, 3.8) is 0 Å². The van der Waals surface area contributed by atoms with Crippen molar-refractivity contribution in [1.82, 2.24) is 4.98 Å². The van der Waals surface area contributed by atoms with Gasteiger partial charge in [0.2, 0.25) is 0 Å². The van der Waals surface area contributed by atoms with Crippen molar-refractivity contribution >= 4 is 11.4 Å². The Morgan fingerprint density at radius 1 is 1.22 bits per heavy atom. The second kappa shape index (κ2) is 6.05. The Balaban J connectivity index is 1.84. The Bertz CT molecular complexity index is 482. The summed E-state index contributed by atoms with van der Waals surface area (Å²) in [5.74, 6) is 0. The van der Waals surface area contributed by atoms with E-state index in [4.69, 9.17) is 5.73 Å². The van der Waals surface area contributed by atoms with Gasteiger partial charge in [-0.1, -0.05) is 30.3 Å². The molecule has 1 heterocycles. The molecule has 3 heteroatoms. The minimum Gasteiger partial charge on any atom is -0.397 e. The maximum atomic E-state index is 5.70. The molecule has 1 atom stereocenters. The molecule has 2 aromatic rings. The minimum atomic E-state index is 0.397. The Morgan fingerprint density at radius 2 is 2.00 bits per heavy atom. The first-order chi connectivity index (χ1) is 8.74. The zero-order chi connectivity index (χ0) is 12.8. The van der Waals surface area contributed by atoms with Crippen LogP contribution < -0.4 is 11.1 Å². The fourth-order valence-corrected chi connectivity index (χ4v) is 1.92. The van der Waals surface area contributed by atoms with Gasteiger partial charge in [-0.3, -0.25) is 4.98 Å². The minimum absolute atomic E-state index is 0.397. The van der Waals surface area contributed by atoms with Crippen LogP contribution in [0.5, 0.6) is 0 Å². The number of nitrogens with one attached hydrogen (secondary N) is 1. The summed E-state index contributed by atoms with van der Waals surface area (Å²) in [4.78, 5) is 4.07. The number of aromatic nitrogens is 1. The standard InChI is InChI=1S/C15H19N3/c1-12(7-8-13-5-3-2-4-6-13)18-15-9-14(16)10-17-11-15/h2-6,9-12,18H,7-8,16H2,1H3. The molecule has 2 rings (SSSR count). The Kier molecular flexibility index (Phi) is 4.18. The molecule has 1 unspecified atom stereocenters. The first-order valence-corrected chi connectivity index (χ1v) is 6.25. The SMILES string of the molecule is CC(CCc1ccccc1)Nc1cncc(N)c1. The van der Waals surface area contributed by atoms with Crippen LogP contribution in [0, 0.1) is 0 Å². The third-order valence-electron chi connectivity index (χ3n) is 2.88. The van der Waals surface area contributed by atoms with E-state index in [0.717, 1.165) is 18.5 Å². The van der Waals surface area contributed by atoms with Crippen LogP contribution in [0.4, 0.5) is 11.4 Å². The lowest BCUT2D eigenvalue weighted by Gasteiger charge is -2.15. The molecular weight excluding hydrogens is 222 g/mol. The van der Waals surface area contributed by atoms with E-state index in [-0.39, 0.29) is 0 Å². The Hall–Kier alpha value is -2.03. The lowest BCUT2D eigenvalue weighted by atomic mass is 10.1. The van der Waals surface area contributed by atoms with Gasteiger partial charge < -0.3 is 11.1 Å². The molecule has 0 aliphatic rings. The van der Waals surface area contributed by atoms with Gasteiger partial charge in [0.25, 0.3) is 0 Å². The lowest BCUT2D eigenvalue weighted by molar-refractivity contribution is 0.706. The highest BCUT2D eigenvalue weighted by atomic mass is 14.9. The maximum Gasteiger partial charge on any atom is 0.0549 e. The van der Waals surface area contributed by atoms with Crippen LogP contribution >= 0.6 is 0 Å². The fraction of sp³-hybridized carbons (Fsp3) is 0.267. The highest BCUT2D eigenvalue weighted by Gasteiger charge is 2.03. The molecule has 3 nitrogen and oxygen atoms in total. The predicted molar refractivity (Wildman–Crippen MR) is 76.5 cm³/mol. The molecule has 0 amide bonds. The number of nitrogens with zero attached hydrogens (tertiary/aromatic N) is 1. The van der Waals surface area contributed by atoms with Gasteiger partial charge in [0.1, 0.15) is 0 Å². The second-order valence-corrected chi connectivity index (χ2v) is 4.58. The molecule has 3 N–H and O–H groups in total. The topological polar surface area (TPSA) is 50.9 Å². The summed E-state index contributed by atoms with van der Waals surface area (Å²) in [6.07, 6.45) is 5.61. The lowest BCUT2D eigenvalue weighted by Crippen LogP contribution is -2.16. The van der Waals surface area contributed by atoms with E-state index < -0.39 is 0 Å². The average molecular weight is 241 g/mol. The molecule has 1 aromatic heterocycles. The van der Waals surface area contributed by atoms with E-state index in [1.807, 2.05) is 12.1 Å². The van der Waals surface area contributed by atoms with Crippen LogP contribution in [0.1, 0.15) is 18.9 Å². The van der Waals surface area contributed by atoms with Crippen molar-refractivity contribution in [3.05, 3.63) is 54.4 Å². The van der Waals surface area contributed by atoms with Crippen molar-refractivity contribution in [1.29, 1.82) is 0 Å². The summed E-state index contributed by atoms with van der Waals surface area (Å²) in [5, 5.41) is 3.41. The predicted octanol–water partition coefficient (Wildman–Crippen LogP) is 3.10. The molecule has 1 aromatic carbocycles. The zero-order valence-electron chi connectivity index (χ0n) is 10.6. The summed E-state index contributed by atoms with van der Waals surface area (Å²) in [7, 11) is 0. The summed E-state index contributed by atoms with van der Waals surface area (Å²) in [6.45, 7) is 2.17. The molecule has 0 saturated carbocycles. The Labute approximate surface area is 108 Å². The van der Waals surface area contributed by atoms with Crippen LogP contribution in [0.15, 0.2) is 48.8 Å². The molecule has 0 spiro atoms. The monoisotopic (exact) mass is 241 g/mol. The molecule has 0 aliphatic carbocycles. The number of nitrogens with two attached hydrogens (primary N) is 1. The van der Waals surface area contributed by atoms with Gasteiger partial charge in [-0.15, -0.1) is 0 Å². The van der Waals surface area contributed by atoms with Crippen molar-refractivity contribution in [2.24, 2.45) is 0 Å². The number of pyridine rings is 1. The van der Waals surface area contributed by atoms with Gasteiger partial charge >= 0.3 is 0 Å². The third-order valence-corrected chi connectivity index (χ3v) is 2.88. The van der Waals surface area contributed by atoms with Gasteiger partial charge in [0, 0.05) is 12.2 Å². The van der Waals surface area contributed by atoms with Crippen LogP contribution in [-0.2, 0) is 6.42 Å². The van der Waals surface area contributed by atoms with Crippen molar-refractivity contribution in [3.8, 4) is 0 Å². The highest BCUT2D eigenvalue weighted by molar-refractivity contribution is 5.51. The molecule has 94 valence electrons. The summed E-state index contributed by atoms with van der Waals surface area (Å²) >= 11 is 0. The summed E-state index contributed by atoms with van der Waals surface area (Å²) in [5.41, 5.74) is 8.74. The first kappa shape index (κ1) is 12.4. The highest BCUT2D eigenvalue weighted by Crippen LogP contribution is 2.13. The molecule has 18 heavy (non-hydrogen) atoms. The average Bonchev–Trinajstić information content (AvgIpc) is 2.38. The molecule has 0 saturated heterocycles. The number of aryl methyl sites for hydroxylation is 1. The van der Waals surface area contributed by atoms with E-state index in [1.54, 1.807) is 12.4 Å². The second-order valence-electron chi connectivity index (χ2n) is 4.58. The van der Waals surface area contributed by atoms with Gasteiger partial charge in [0.15, 0.2) is 0 Å². The fourth-order valence-electron chi connectivity index (χ4n) is 1.92. The molecule has 0 bridgehead atoms. The Morgan fingerprint density at radius 3 is 2.72 bits per heavy atom. The van der Waals surface area contributed by atoms with E-state index in [9.17, 15) is 0 Å². The molecule has 0 radical (unpaired) electrons. The number of nitrogen functional groups attached to an aromatic ring is 1.